The lowest BCUT2D eigenvalue weighted by molar-refractivity contribution is 0.625. The van der Waals surface area contributed by atoms with E-state index in [1.54, 1.807) is 12.1 Å². The van der Waals surface area contributed by atoms with Gasteiger partial charge in [0.1, 0.15) is 5.82 Å². The molecule has 2 rings (SSSR count). The highest BCUT2D eigenvalue weighted by atomic mass is 35.5. The molecule has 0 saturated carbocycles. The van der Waals surface area contributed by atoms with Crippen molar-refractivity contribution in [3.05, 3.63) is 70.0 Å². The van der Waals surface area contributed by atoms with Crippen LogP contribution < -0.4 is 5.32 Å². The maximum absolute atomic E-state index is 13.1. The molecule has 0 aliphatic carbocycles. The van der Waals surface area contributed by atoms with E-state index in [-0.39, 0.29) is 10.8 Å². The number of hydrogen-bond acceptors (Lipinski definition) is 1. The van der Waals surface area contributed by atoms with Gasteiger partial charge in [-0.05, 0) is 41.2 Å². The van der Waals surface area contributed by atoms with Crippen molar-refractivity contribution in [1.29, 1.82) is 0 Å². The van der Waals surface area contributed by atoms with E-state index < -0.39 is 0 Å². The zero-order valence-electron chi connectivity index (χ0n) is 12.5. The molecule has 0 bridgehead atoms. The first-order valence-electron chi connectivity index (χ1n) is 7.27. The smallest absolute Gasteiger partial charge is 0.141 e. The molecule has 0 fully saturated rings. The predicted molar refractivity (Wildman–Crippen MR) is 86.9 cm³/mol. The maximum Gasteiger partial charge on any atom is 0.141 e. The fourth-order valence-electron chi connectivity index (χ4n) is 2.27. The topological polar surface area (TPSA) is 12.0 Å². The van der Waals surface area contributed by atoms with Gasteiger partial charge in [0.05, 0.1) is 5.02 Å². The predicted octanol–water partition coefficient (Wildman–Crippen LogP) is 4.97. The quantitative estimate of drug-likeness (QED) is 0.794. The summed E-state index contributed by atoms with van der Waals surface area (Å²) < 4.78 is 13.1. The summed E-state index contributed by atoms with van der Waals surface area (Å²) in [4.78, 5) is 0. The molecule has 2 aromatic rings. The van der Waals surface area contributed by atoms with E-state index in [0.717, 1.165) is 18.5 Å². The SMILES string of the molecule is CC(C)Cc1ccc(CNCc2ccc(F)c(Cl)c2)cc1. The summed E-state index contributed by atoms with van der Waals surface area (Å²) in [6.45, 7) is 5.91. The first-order valence-corrected chi connectivity index (χ1v) is 7.65. The Labute approximate surface area is 131 Å². The van der Waals surface area contributed by atoms with Crippen molar-refractivity contribution in [2.75, 3.05) is 0 Å². The first-order chi connectivity index (χ1) is 10.0. The summed E-state index contributed by atoms with van der Waals surface area (Å²) in [5, 5.41) is 3.52. The summed E-state index contributed by atoms with van der Waals surface area (Å²) in [7, 11) is 0. The first kappa shape index (κ1) is 16.0. The largest absolute Gasteiger partial charge is 0.309 e. The number of nitrogens with one attached hydrogen (secondary N) is 1. The Balaban J connectivity index is 1.84. The van der Waals surface area contributed by atoms with Gasteiger partial charge in [-0.25, -0.2) is 4.39 Å². The minimum Gasteiger partial charge on any atom is -0.309 e. The van der Waals surface area contributed by atoms with Crippen molar-refractivity contribution >= 4 is 11.6 Å². The molecule has 0 heterocycles. The van der Waals surface area contributed by atoms with E-state index in [4.69, 9.17) is 11.6 Å². The molecule has 0 radical (unpaired) electrons. The van der Waals surface area contributed by atoms with E-state index in [1.165, 1.54) is 17.2 Å². The molecule has 2 aromatic carbocycles. The molecule has 1 nitrogen and oxygen atoms in total. The molecule has 0 amide bonds. The molecular weight excluding hydrogens is 285 g/mol. The van der Waals surface area contributed by atoms with Gasteiger partial charge in [0.25, 0.3) is 0 Å². The normalized spacial score (nSPS) is 11.1. The Hall–Kier alpha value is -1.38. The average molecular weight is 306 g/mol. The second-order valence-electron chi connectivity index (χ2n) is 5.77. The number of halogens is 2. The van der Waals surface area contributed by atoms with Crippen LogP contribution in [0.3, 0.4) is 0 Å². The molecule has 21 heavy (non-hydrogen) atoms. The lowest BCUT2D eigenvalue weighted by Crippen LogP contribution is -2.12. The van der Waals surface area contributed by atoms with E-state index >= 15 is 0 Å². The third-order valence-corrected chi connectivity index (χ3v) is 3.60. The van der Waals surface area contributed by atoms with Crippen LogP contribution in [0.15, 0.2) is 42.5 Å². The molecule has 0 atom stereocenters. The maximum atomic E-state index is 13.1. The van der Waals surface area contributed by atoms with Gasteiger partial charge in [-0.2, -0.15) is 0 Å². The van der Waals surface area contributed by atoms with Crippen LogP contribution in [0.25, 0.3) is 0 Å². The third-order valence-electron chi connectivity index (χ3n) is 3.31. The molecule has 112 valence electrons. The van der Waals surface area contributed by atoms with Crippen LogP contribution in [0.1, 0.15) is 30.5 Å². The van der Waals surface area contributed by atoms with Crippen molar-refractivity contribution in [3.8, 4) is 0 Å². The van der Waals surface area contributed by atoms with E-state index in [9.17, 15) is 4.39 Å². The third kappa shape index (κ3) is 5.14. The fourth-order valence-corrected chi connectivity index (χ4v) is 2.47. The van der Waals surface area contributed by atoms with Crippen molar-refractivity contribution in [2.24, 2.45) is 5.92 Å². The Morgan fingerprint density at radius 2 is 1.52 bits per heavy atom. The highest BCUT2D eigenvalue weighted by molar-refractivity contribution is 6.30. The Kier molecular flexibility index (Phi) is 5.77. The lowest BCUT2D eigenvalue weighted by atomic mass is 10.0. The minimum absolute atomic E-state index is 0.173. The standard InChI is InChI=1S/C18H21ClFN/c1-13(2)9-14-3-5-15(6-4-14)11-21-12-16-7-8-18(20)17(19)10-16/h3-8,10,13,21H,9,11-12H2,1-2H3. The van der Waals surface area contributed by atoms with Gasteiger partial charge >= 0.3 is 0 Å². The van der Waals surface area contributed by atoms with Crippen LogP contribution in [0.4, 0.5) is 4.39 Å². The van der Waals surface area contributed by atoms with Gasteiger partial charge in [-0.15, -0.1) is 0 Å². The van der Waals surface area contributed by atoms with Crippen molar-refractivity contribution in [2.45, 2.75) is 33.4 Å². The summed E-state index contributed by atoms with van der Waals surface area (Å²) in [6.07, 6.45) is 1.11. The van der Waals surface area contributed by atoms with Crippen LogP contribution in [-0.4, -0.2) is 0 Å². The molecule has 0 aliphatic rings. The highest BCUT2D eigenvalue weighted by Gasteiger charge is 2.01. The molecule has 1 N–H and O–H groups in total. The van der Waals surface area contributed by atoms with E-state index in [0.29, 0.717) is 12.5 Å². The summed E-state index contributed by atoms with van der Waals surface area (Å²) in [5.74, 6) is 0.304. The van der Waals surface area contributed by atoms with Crippen LogP contribution in [0.5, 0.6) is 0 Å². The van der Waals surface area contributed by atoms with Crippen molar-refractivity contribution in [3.63, 3.8) is 0 Å². The van der Waals surface area contributed by atoms with Crippen molar-refractivity contribution < 1.29 is 4.39 Å². The van der Waals surface area contributed by atoms with E-state index in [2.05, 4.69) is 43.4 Å². The molecule has 0 saturated heterocycles. The van der Waals surface area contributed by atoms with Gasteiger partial charge < -0.3 is 5.32 Å². The van der Waals surface area contributed by atoms with Crippen LogP contribution in [-0.2, 0) is 19.5 Å². The summed E-state index contributed by atoms with van der Waals surface area (Å²) in [5.41, 5.74) is 3.60. The summed E-state index contributed by atoms with van der Waals surface area (Å²) >= 11 is 5.77. The molecule has 0 aliphatic heterocycles. The Morgan fingerprint density at radius 1 is 0.952 bits per heavy atom. The zero-order valence-corrected chi connectivity index (χ0v) is 13.3. The highest BCUT2D eigenvalue weighted by Crippen LogP contribution is 2.16. The van der Waals surface area contributed by atoms with Gasteiger partial charge in [0, 0.05) is 13.1 Å². The second-order valence-corrected chi connectivity index (χ2v) is 6.17. The second kappa shape index (κ2) is 7.58. The van der Waals surface area contributed by atoms with Crippen LogP contribution >= 0.6 is 11.6 Å². The Morgan fingerprint density at radius 3 is 2.14 bits per heavy atom. The number of benzene rings is 2. The zero-order chi connectivity index (χ0) is 15.2. The number of hydrogen-bond donors (Lipinski definition) is 1. The van der Waals surface area contributed by atoms with Gasteiger partial charge in [0.15, 0.2) is 0 Å². The van der Waals surface area contributed by atoms with Crippen LogP contribution in [0, 0.1) is 11.7 Å². The van der Waals surface area contributed by atoms with Gasteiger partial charge in [0.2, 0.25) is 0 Å². The molecule has 0 aromatic heterocycles. The molecule has 3 heteroatoms. The fraction of sp³-hybridized carbons (Fsp3) is 0.333. The molecule has 0 spiro atoms. The monoisotopic (exact) mass is 305 g/mol. The van der Waals surface area contributed by atoms with E-state index in [1.807, 2.05) is 0 Å². The van der Waals surface area contributed by atoms with Gasteiger partial charge in [-0.3, -0.25) is 0 Å². The van der Waals surface area contributed by atoms with Crippen molar-refractivity contribution in [1.82, 2.24) is 5.32 Å². The summed E-state index contributed by atoms with van der Waals surface area (Å²) in [6, 6.07) is 13.5. The average Bonchev–Trinajstić information content (AvgIpc) is 2.44. The lowest BCUT2D eigenvalue weighted by Gasteiger charge is -2.08. The minimum atomic E-state index is -0.374. The Bertz CT molecular complexity index is 578. The van der Waals surface area contributed by atoms with Gasteiger partial charge in [-0.1, -0.05) is 55.8 Å². The number of rotatable bonds is 6. The van der Waals surface area contributed by atoms with Crippen LogP contribution in [0.2, 0.25) is 5.02 Å². The molecular formula is C18H21ClFN. The molecule has 0 unspecified atom stereocenters.